The summed E-state index contributed by atoms with van der Waals surface area (Å²) >= 11 is 0. The highest BCUT2D eigenvalue weighted by atomic mass is 16.5. The highest BCUT2D eigenvalue weighted by Crippen LogP contribution is 2.27. The monoisotopic (exact) mass is 1440 g/mol. The van der Waals surface area contributed by atoms with E-state index in [1.807, 2.05) is 24.3 Å². The van der Waals surface area contributed by atoms with E-state index < -0.39 is 0 Å². The van der Waals surface area contributed by atoms with Crippen LogP contribution in [0.15, 0.2) is 70.1 Å². The zero-order valence-corrected chi connectivity index (χ0v) is 67.9. The number of fused-ring (bicyclic) bond motifs is 6. The summed E-state index contributed by atoms with van der Waals surface area (Å²) in [5.74, 6) is 31.6. The quantitative estimate of drug-likeness (QED) is 0.0217. The molecule has 4 heteroatoms. The molecule has 0 aromatic heterocycles. The fourth-order valence-electron chi connectivity index (χ4n) is 14.1. The smallest absolute Gasteiger partial charge is 0.162 e. The van der Waals surface area contributed by atoms with Crippen molar-refractivity contribution in [3.8, 4) is 70.4 Å². The molecule has 0 aliphatic heterocycles. The lowest BCUT2D eigenvalue weighted by molar-refractivity contribution is 0.258. The predicted molar refractivity (Wildman–Crippen MR) is 453 cm³/mol. The molecule has 3 aliphatic rings. The van der Waals surface area contributed by atoms with Gasteiger partial charge in [-0.15, -0.1) is 0 Å². The summed E-state index contributed by atoms with van der Waals surface area (Å²) in [6, 6.07) is 8.02. The maximum absolute atomic E-state index is 6.57. The molecule has 4 aromatic rings. The van der Waals surface area contributed by atoms with Gasteiger partial charge in [-0.25, -0.2) is 0 Å². The second-order valence-corrected chi connectivity index (χ2v) is 29.3. The first-order chi connectivity index (χ1) is 53.4. The third-order valence-electron chi connectivity index (χ3n) is 20.4. The first kappa shape index (κ1) is 86.0. The van der Waals surface area contributed by atoms with E-state index in [9.17, 15) is 0 Å². The van der Waals surface area contributed by atoms with E-state index >= 15 is 0 Å². The lowest BCUT2D eigenvalue weighted by Gasteiger charge is -2.14. The van der Waals surface area contributed by atoms with Crippen molar-refractivity contribution in [2.75, 3.05) is 26.4 Å². The molecule has 0 spiro atoms. The summed E-state index contributed by atoms with van der Waals surface area (Å²) < 4.78 is 26.3. The average molecular weight is 1440 g/mol. The van der Waals surface area contributed by atoms with Crippen LogP contribution in [0.5, 0.6) is 23.0 Å². The van der Waals surface area contributed by atoms with Gasteiger partial charge in [-0.3, -0.25) is 0 Å². The van der Waals surface area contributed by atoms with Gasteiger partial charge in [-0.2, -0.15) is 0 Å². The third-order valence-corrected chi connectivity index (χ3v) is 20.4. The van der Waals surface area contributed by atoms with E-state index in [1.165, 1.54) is 103 Å². The number of rotatable bonds is 52. The molecule has 0 bridgehead atoms. The van der Waals surface area contributed by atoms with Crippen molar-refractivity contribution in [1.29, 1.82) is 0 Å². The molecule has 108 heavy (non-hydrogen) atoms. The van der Waals surface area contributed by atoms with Crippen molar-refractivity contribution >= 4 is 45.8 Å². The van der Waals surface area contributed by atoms with E-state index in [-0.39, 0.29) is 0 Å². The van der Waals surface area contributed by atoms with E-state index in [1.54, 1.807) is 0 Å². The van der Waals surface area contributed by atoms with Crippen molar-refractivity contribution in [3.63, 3.8) is 0 Å². The van der Waals surface area contributed by atoms with Crippen LogP contribution in [0.3, 0.4) is 0 Å². The molecule has 4 nitrogen and oxygen atoms in total. The molecule has 0 saturated heterocycles. The molecule has 4 aromatic carbocycles. The minimum Gasteiger partial charge on any atom is -0.490 e. The molecule has 0 amide bonds. The van der Waals surface area contributed by atoms with Gasteiger partial charge in [0, 0.05) is 88.3 Å². The van der Waals surface area contributed by atoms with Crippen LogP contribution in [0.4, 0.5) is 0 Å². The lowest BCUT2D eigenvalue weighted by Crippen LogP contribution is -2.34. The zero-order chi connectivity index (χ0) is 76.1. The second kappa shape index (κ2) is 53.6. The number of unbranched alkanes of at least 4 members (excludes halogenated alkanes) is 32. The number of hydrogen-bond acceptors (Lipinski definition) is 4. The Balaban J connectivity index is 1.54. The SMILES string of the molecule is CCCCCCCCOc1cc2c(cc1OCCCCCCCC)=C=C=C=C=c1c(CCCCCC)c3c(c(CCCCCC)c1=C=C=C=C=2)C#CC#Cc1c(c(CCCCCC)c2c(c1CCCCCC)=C=C=C=C=c1cc(OCCCCCCCC)c(OCCCCCCCC)cc1=C=C=C=C=2)C#CC#C3. The summed E-state index contributed by atoms with van der Waals surface area (Å²) in [5, 5.41) is 6.34. The fraction of sp³-hybridized carbons (Fsp3) is 0.538. The van der Waals surface area contributed by atoms with Crippen LogP contribution in [0, 0.1) is 47.4 Å². The van der Waals surface area contributed by atoms with Crippen molar-refractivity contribution in [2.45, 2.75) is 338 Å². The van der Waals surface area contributed by atoms with Crippen LogP contribution in [-0.2, 0) is 25.7 Å². The Morgan fingerprint density at radius 3 is 0.583 bits per heavy atom. The lowest BCUT2D eigenvalue weighted by atomic mass is 9.87. The Bertz CT molecular complexity index is 4360. The van der Waals surface area contributed by atoms with Gasteiger partial charge in [0.05, 0.1) is 26.4 Å². The predicted octanol–water partition coefficient (Wildman–Crippen LogP) is 20.2. The molecule has 0 N–H and O–H groups in total. The summed E-state index contributed by atoms with van der Waals surface area (Å²) in [6.07, 6.45) is 48.1. The van der Waals surface area contributed by atoms with Gasteiger partial charge in [0.25, 0.3) is 0 Å². The molecule has 7 rings (SSSR count). The van der Waals surface area contributed by atoms with E-state index in [0.717, 1.165) is 266 Å². The van der Waals surface area contributed by atoms with Crippen molar-refractivity contribution in [3.05, 3.63) is 156 Å². The first-order valence-corrected chi connectivity index (χ1v) is 42.9. The van der Waals surface area contributed by atoms with E-state index in [2.05, 4.69) is 194 Å². The van der Waals surface area contributed by atoms with Crippen LogP contribution in [0.1, 0.15) is 357 Å². The Labute approximate surface area is 651 Å². The molecule has 0 fully saturated rings. The van der Waals surface area contributed by atoms with E-state index in [0.29, 0.717) is 49.4 Å². The standard InChI is InChI=1S/C104H124O4/c1-9-17-25-33-37-57-77-105-101-81-85-61-45-49-69-93-89(65-41-29-21-13-5)97-73-53-54-75-99-91(67-43-31-23-15-7)95-71-51-47-63-87-83-103(107-79-59-39-35-27-19-11-3)104(108-80-60-40-36-28-20-12-4)84-88(87)64-48-52-72-96(95)92(68-44-32-24-16-8)100(99)76-56-55-74-98(97)90(66-42-30-22-14-6)94(93)70-50-46-62-86(85)82-102(101)106-78-58-38-34-26-18-10-2/h81-84H,9-44,57-60,65-68,77-80H2,1-8H3. The molecule has 0 saturated carbocycles. The maximum Gasteiger partial charge on any atom is 0.162 e. The van der Waals surface area contributed by atoms with Gasteiger partial charge in [0.15, 0.2) is 23.0 Å². The topological polar surface area (TPSA) is 36.9 Å². The van der Waals surface area contributed by atoms with Gasteiger partial charge in [-0.1, -0.05) is 330 Å². The highest BCUT2D eigenvalue weighted by molar-refractivity contribution is 5.67. The normalized spacial score (nSPS) is 11.3. The van der Waals surface area contributed by atoms with Gasteiger partial charge in [0.2, 0.25) is 0 Å². The van der Waals surface area contributed by atoms with Crippen molar-refractivity contribution < 1.29 is 18.9 Å². The van der Waals surface area contributed by atoms with Crippen LogP contribution in [-0.4, -0.2) is 26.4 Å². The van der Waals surface area contributed by atoms with Crippen molar-refractivity contribution in [2.24, 2.45) is 0 Å². The zero-order valence-electron chi connectivity index (χ0n) is 67.9. The summed E-state index contributed by atoms with van der Waals surface area (Å²) in [7, 11) is 0. The van der Waals surface area contributed by atoms with Gasteiger partial charge in [0.1, 0.15) is 0 Å². The van der Waals surface area contributed by atoms with Crippen LogP contribution < -0.4 is 60.7 Å². The van der Waals surface area contributed by atoms with Crippen LogP contribution in [0.25, 0.3) is 45.8 Å². The Morgan fingerprint density at radius 1 is 0.204 bits per heavy atom. The molecule has 564 valence electrons. The molecule has 0 heterocycles. The maximum atomic E-state index is 6.57. The molecule has 0 radical (unpaired) electrons. The number of ether oxygens (including phenoxy) is 4. The minimum atomic E-state index is 0.606. The Hall–Kier alpha value is -9.20. The van der Waals surface area contributed by atoms with Crippen molar-refractivity contribution in [1.82, 2.24) is 0 Å². The minimum absolute atomic E-state index is 0.606. The molecular formula is C104H124O4. The molecule has 0 atom stereocenters. The summed E-state index contributed by atoms with van der Waals surface area (Å²) in [6.45, 7) is 20.5. The molecule has 3 aliphatic carbocycles. The molecular weight excluding hydrogens is 1310 g/mol. The fourth-order valence-corrected chi connectivity index (χ4v) is 14.1. The van der Waals surface area contributed by atoms with Gasteiger partial charge in [-0.05, 0) is 169 Å². The molecule has 0 unspecified atom stereocenters. The second-order valence-electron chi connectivity index (χ2n) is 29.3. The number of hydrogen-bond donors (Lipinski definition) is 0. The van der Waals surface area contributed by atoms with Crippen LogP contribution >= 0.6 is 0 Å². The Morgan fingerprint density at radius 2 is 0.380 bits per heavy atom. The van der Waals surface area contributed by atoms with Gasteiger partial charge < -0.3 is 18.9 Å². The number of benzene rings is 4. The highest BCUT2D eigenvalue weighted by Gasteiger charge is 2.20. The summed E-state index contributed by atoms with van der Waals surface area (Å²) in [4.78, 5) is 0. The van der Waals surface area contributed by atoms with Gasteiger partial charge >= 0.3 is 0 Å². The van der Waals surface area contributed by atoms with Crippen LogP contribution in [0.2, 0.25) is 0 Å². The van der Waals surface area contributed by atoms with E-state index in [4.69, 9.17) is 18.9 Å². The largest absolute Gasteiger partial charge is 0.490 e. The third kappa shape index (κ3) is 29.8. The Kier molecular flexibility index (Phi) is 42.7. The summed E-state index contributed by atoms with van der Waals surface area (Å²) in [5.41, 5.74) is 62.5. The average Bonchev–Trinajstić information content (AvgIpc) is 0.769. The first-order valence-electron chi connectivity index (χ1n) is 42.9.